The van der Waals surface area contributed by atoms with Gasteiger partial charge in [-0.15, -0.1) is 5.10 Å². The topological polar surface area (TPSA) is 56.7 Å². The summed E-state index contributed by atoms with van der Waals surface area (Å²) in [5.74, 6) is 0.708. The molecule has 4 heteroatoms. The van der Waals surface area contributed by atoms with Crippen LogP contribution in [-0.4, -0.2) is 15.0 Å². The van der Waals surface area contributed by atoms with Gasteiger partial charge in [0, 0.05) is 13.1 Å². The fraction of sp³-hybridized carbons (Fsp3) is 0.833. The molecule has 0 amide bonds. The van der Waals surface area contributed by atoms with Crippen LogP contribution in [0, 0.1) is 5.92 Å². The fourth-order valence-electron chi connectivity index (χ4n) is 1.71. The van der Waals surface area contributed by atoms with Gasteiger partial charge in [0.05, 0.1) is 11.4 Å². The van der Waals surface area contributed by atoms with Crippen molar-refractivity contribution in [1.82, 2.24) is 15.0 Å². The molecule has 92 valence electrons. The van der Waals surface area contributed by atoms with E-state index in [1.54, 1.807) is 0 Å². The Balaban J connectivity index is 2.71. The Labute approximate surface area is 98.2 Å². The van der Waals surface area contributed by atoms with Gasteiger partial charge >= 0.3 is 0 Å². The van der Waals surface area contributed by atoms with Gasteiger partial charge in [-0.2, -0.15) is 0 Å². The van der Waals surface area contributed by atoms with Crippen LogP contribution in [0.1, 0.15) is 51.4 Å². The zero-order valence-corrected chi connectivity index (χ0v) is 10.7. The van der Waals surface area contributed by atoms with Gasteiger partial charge in [0.2, 0.25) is 0 Å². The molecule has 1 aromatic rings. The van der Waals surface area contributed by atoms with E-state index in [1.165, 1.54) is 18.5 Å². The standard InChI is InChI=1S/C12H24N4/c1-4-5-8-16-12(7-6-10(2)3)11(9-13)14-15-16/h10H,4-9,13H2,1-3H3. The Morgan fingerprint density at radius 2 is 2.12 bits per heavy atom. The van der Waals surface area contributed by atoms with Crippen LogP contribution in [0.25, 0.3) is 0 Å². The Bertz CT molecular complexity index is 304. The summed E-state index contributed by atoms with van der Waals surface area (Å²) in [5.41, 5.74) is 7.89. The van der Waals surface area contributed by atoms with Crippen LogP contribution in [0.3, 0.4) is 0 Å². The van der Waals surface area contributed by atoms with Crippen molar-refractivity contribution in [2.24, 2.45) is 11.7 Å². The molecule has 1 aromatic heterocycles. The predicted octanol–water partition coefficient (Wildman–Crippen LogP) is 2.13. The smallest absolute Gasteiger partial charge is 0.0994 e. The molecule has 0 fully saturated rings. The minimum atomic E-state index is 0.500. The number of unbranched alkanes of at least 4 members (excludes halogenated alkanes) is 1. The number of nitrogens with two attached hydrogens (primary N) is 1. The second-order valence-electron chi connectivity index (χ2n) is 4.70. The van der Waals surface area contributed by atoms with Gasteiger partial charge in [0.25, 0.3) is 0 Å². The molecule has 0 saturated heterocycles. The van der Waals surface area contributed by atoms with Crippen molar-refractivity contribution in [1.29, 1.82) is 0 Å². The van der Waals surface area contributed by atoms with Crippen LogP contribution in [0.5, 0.6) is 0 Å². The maximum absolute atomic E-state index is 5.68. The molecule has 1 rings (SSSR count). The Morgan fingerprint density at radius 3 is 2.69 bits per heavy atom. The number of aryl methyl sites for hydroxylation is 1. The summed E-state index contributed by atoms with van der Waals surface area (Å²) in [6.07, 6.45) is 4.55. The molecule has 0 radical (unpaired) electrons. The first-order chi connectivity index (χ1) is 7.69. The maximum Gasteiger partial charge on any atom is 0.0994 e. The van der Waals surface area contributed by atoms with Crippen LogP contribution in [0.2, 0.25) is 0 Å². The lowest BCUT2D eigenvalue weighted by Gasteiger charge is -2.08. The van der Waals surface area contributed by atoms with E-state index >= 15 is 0 Å². The monoisotopic (exact) mass is 224 g/mol. The number of rotatable bonds is 7. The molecule has 0 aromatic carbocycles. The van der Waals surface area contributed by atoms with Crippen LogP contribution in [0.15, 0.2) is 0 Å². The maximum atomic E-state index is 5.68. The lowest BCUT2D eigenvalue weighted by molar-refractivity contribution is 0.509. The average Bonchev–Trinajstić information content (AvgIpc) is 2.65. The molecular weight excluding hydrogens is 200 g/mol. The summed E-state index contributed by atoms with van der Waals surface area (Å²) in [4.78, 5) is 0. The molecule has 0 spiro atoms. The number of aromatic nitrogens is 3. The highest BCUT2D eigenvalue weighted by Gasteiger charge is 2.11. The van der Waals surface area contributed by atoms with Crippen molar-refractivity contribution in [3.05, 3.63) is 11.4 Å². The lowest BCUT2D eigenvalue weighted by atomic mass is 10.1. The Hall–Kier alpha value is -0.900. The molecule has 0 atom stereocenters. The molecule has 16 heavy (non-hydrogen) atoms. The van der Waals surface area contributed by atoms with E-state index in [4.69, 9.17) is 5.73 Å². The number of nitrogens with zero attached hydrogens (tertiary/aromatic N) is 3. The largest absolute Gasteiger partial charge is 0.325 e. The van der Waals surface area contributed by atoms with E-state index in [1.807, 2.05) is 4.68 Å². The predicted molar refractivity (Wildman–Crippen MR) is 66.0 cm³/mol. The second-order valence-corrected chi connectivity index (χ2v) is 4.70. The van der Waals surface area contributed by atoms with Gasteiger partial charge in [0.15, 0.2) is 0 Å². The normalized spacial score (nSPS) is 11.3. The van der Waals surface area contributed by atoms with Crippen LogP contribution in [0.4, 0.5) is 0 Å². The molecule has 2 N–H and O–H groups in total. The summed E-state index contributed by atoms with van der Waals surface area (Å²) in [6.45, 7) is 8.13. The lowest BCUT2D eigenvalue weighted by Crippen LogP contribution is -2.09. The quantitative estimate of drug-likeness (QED) is 0.772. The Morgan fingerprint density at radius 1 is 1.38 bits per heavy atom. The van der Waals surface area contributed by atoms with E-state index in [2.05, 4.69) is 31.1 Å². The zero-order chi connectivity index (χ0) is 12.0. The summed E-state index contributed by atoms with van der Waals surface area (Å²) in [5, 5.41) is 8.34. The highest BCUT2D eigenvalue weighted by Crippen LogP contribution is 2.12. The molecule has 1 heterocycles. The van der Waals surface area contributed by atoms with Crippen molar-refractivity contribution in [3.63, 3.8) is 0 Å². The fourth-order valence-corrected chi connectivity index (χ4v) is 1.71. The second kappa shape index (κ2) is 6.63. The first-order valence-corrected chi connectivity index (χ1v) is 6.30. The molecule has 0 aliphatic heterocycles. The first kappa shape index (κ1) is 13.2. The van der Waals surface area contributed by atoms with Gasteiger partial charge in [-0.3, -0.25) is 0 Å². The summed E-state index contributed by atoms with van der Waals surface area (Å²) >= 11 is 0. The van der Waals surface area contributed by atoms with E-state index in [9.17, 15) is 0 Å². The van der Waals surface area contributed by atoms with Crippen molar-refractivity contribution >= 4 is 0 Å². The van der Waals surface area contributed by atoms with Gasteiger partial charge < -0.3 is 5.73 Å². The minimum Gasteiger partial charge on any atom is -0.325 e. The van der Waals surface area contributed by atoms with Crippen LogP contribution in [-0.2, 0) is 19.5 Å². The Kier molecular flexibility index (Phi) is 5.46. The molecule has 0 aliphatic carbocycles. The van der Waals surface area contributed by atoms with Crippen molar-refractivity contribution < 1.29 is 0 Å². The molecule has 4 nitrogen and oxygen atoms in total. The summed E-state index contributed by atoms with van der Waals surface area (Å²) in [7, 11) is 0. The molecule has 0 saturated carbocycles. The van der Waals surface area contributed by atoms with Crippen LogP contribution < -0.4 is 5.73 Å². The van der Waals surface area contributed by atoms with Crippen molar-refractivity contribution in [2.45, 2.75) is 59.5 Å². The molecule has 0 aliphatic rings. The van der Waals surface area contributed by atoms with Crippen LogP contribution >= 0.6 is 0 Å². The molecule has 0 unspecified atom stereocenters. The third kappa shape index (κ3) is 3.59. The van der Waals surface area contributed by atoms with Gasteiger partial charge in [-0.25, -0.2) is 4.68 Å². The van der Waals surface area contributed by atoms with Gasteiger partial charge in [-0.05, 0) is 25.2 Å². The SMILES string of the molecule is CCCCn1nnc(CN)c1CCC(C)C. The highest BCUT2D eigenvalue weighted by atomic mass is 15.4. The zero-order valence-electron chi connectivity index (χ0n) is 10.7. The average molecular weight is 224 g/mol. The van der Waals surface area contributed by atoms with Gasteiger partial charge in [-0.1, -0.05) is 32.4 Å². The van der Waals surface area contributed by atoms with E-state index < -0.39 is 0 Å². The minimum absolute atomic E-state index is 0.500. The first-order valence-electron chi connectivity index (χ1n) is 6.30. The van der Waals surface area contributed by atoms with E-state index in [0.29, 0.717) is 12.5 Å². The van der Waals surface area contributed by atoms with E-state index in [0.717, 1.165) is 25.1 Å². The van der Waals surface area contributed by atoms with Gasteiger partial charge in [0.1, 0.15) is 0 Å². The molecule has 0 bridgehead atoms. The van der Waals surface area contributed by atoms with Crippen molar-refractivity contribution in [3.8, 4) is 0 Å². The summed E-state index contributed by atoms with van der Waals surface area (Å²) < 4.78 is 2.04. The molecular formula is C12H24N4. The highest BCUT2D eigenvalue weighted by molar-refractivity contribution is 5.10. The van der Waals surface area contributed by atoms with E-state index in [-0.39, 0.29) is 0 Å². The third-order valence-corrected chi connectivity index (χ3v) is 2.79. The van der Waals surface area contributed by atoms with Crippen molar-refractivity contribution in [2.75, 3.05) is 0 Å². The third-order valence-electron chi connectivity index (χ3n) is 2.79. The number of hydrogen-bond acceptors (Lipinski definition) is 3. The summed E-state index contributed by atoms with van der Waals surface area (Å²) in [6, 6.07) is 0. The number of hydrogen-bond donors (Lipinski definition) is 1.